The molecule has 1 aromatic heterocycles. The van der Waals surface area contributed by atoms with E-state index in [1.54, 1.807) is 7.11 Å². The number of fused-ring (bicyclic) bond motifs is 4. The van der Waals surface area contributed by atoms with Gasteiger partial charge in [0.15, 0.2) is 0 Å². The van der Waals surface area contributed by atoms with E-state index in [0.717, 1.165) is 52.6 Å². The van der Waals surface area contributed by atoms with E-state index in [1.807, 2.05) is 30.5 Å². The monoisotopic (exact) mass is 402 g/mol. The topological polar surface area (TPSA) is 42.4 Å². The first-order valence-electron chi connectivity index (χ1n) is 10.2. The lowest BCUT2D eigenvalue weighted by atomic mass is 9.71. The van der Waals surface area contributed by atoms with Crippen LogP contribution in [0.5, 0.6) is 5.75 Å². The Morgan fingerprint density at radius 1 is 1.39 bits per heavy atom. The number of rotatable bonds is 6. The second kappa shape index (κ2) is 8.40. The van der Waals surface area contributed by atoms with Gasteiger partial charge in [0.2, 0.25) is 0 Å². The van der Waals surface area contributed by atoms with Crippen LogP contribution < -0.4 is 17.1 Å². The van der Waals surface area contributed by atoms with Crippen LogP contribution in [0, 0.1) is 11.8 Å². The van der Waals surface area contributed by atoms with E-state index in [-0.39, 0.29) is 18.4 Å². The Morgan fingerprint density at radius 2 is 2.21 bits per heavy atom. The number of ether oxygens (including phenoxy) is 1. The lowest BCUT2D eigenvalue weighted by molar-refractivity contribution is -0.973. The highest BCUT2D eigenvalue weighted by atomic mass is 35.5. The average Bonchev–Trinajstić information content (AvgIpc) is 2.72. The maximum atomic E-state index is 11.6. The van der Waals surface area contributed by atoms with Crippen LogP contribution in [0.25, 0.3) is 10.9 Å². The number of hydrogen-bond donors (Lipinski definition) is 1. The summed E-state index contributed by atoms with van der Waals surface area (Å²) in [6.45, 7) is 9.77. The summed E-state index contributed by atoms with van der Waals surface area (Å²) in [5.41, 5.74) is 1.90. The van der Waals surface area contributed by atoms with Gasteiger partial charge in [-0.05, 0) is 42.2 Å². The molecule has 28 heavy (non-hydrogen) atoms. The largest absolute Gasteiger partial charge is 1.00 e. The third kappa shape index (κ3) is 3.42. The SMILES string of the molecule is C=CC1C[N+]2(CCC)CCC1CC2C(O)c1ccnc2ccc(OC)cc12.[Cl-]. The van der Waals surface area contributed by atoms with Gasteiger partial charge in [-0.1, -0.05) is 13.0 Å². The molecule has 0 aliphatic carbocycles. The van der Waals surface area contributed by atoms with Crippen LogP contribution in [0.3, 0.4) is 0 Å². The molecular weight excluding hydrogens is 372 g/mol. The number of aliphatic hydroxyl groups excluding tert-OH is 1. The molecule has 4 nitrogen and oxygen atoms in total. The first-order valence-corrected chi connectivity index (χ1v) is 10.2. The highest BCUT2D eigenvalue weighted by Crippen LogP contribution is 2.47. The van der Waals surface area contributed by atoms with Crippen molar-refractivity contribution in [1.29, 1.82) is 0 Å². The van der Waals surface area contributed by atoms with Crippen LogP contribution in [0.2, 0.25) is 0 Å². The van der Waals surface area contributed by atoms with E-state index < -0.39 is 6.10 Å². The molecule has 0 saturated carbocycles. The highest BCUT2D eigenvalue weighted by molar-refractivity contribution is 5.83. The third-order valence-electron chi connectivity index (χ3n) is 7.01. The predicted molar refractivity (Wildman–Crippen MR) is 109 cm³/mol. The number of halogens is 1. The fourth-order valence-electron chi connectivity index (χ4n) is 5.67. The molecule has 3 saturated heterocycles. The molecule has 0 radical (unpaired) electrons. The molecule has 4 heterocycles. The number of pyridine rings is 1. The Hall–Kier alpha value is -1.62. The average molecular weight is 403 g/mol. The van der Waals surface area contributed by atoms with Gasteiger partial charge in [-0.15, -0.1) is 6.58 Å². The van der Waals surface area contributed by atoms with Crippen LogP contribution in [0.4, 0.5) is 0 Å². The van der Waals surface area contributed by atoms with Crippen molar-refractivity contribution in [3.8, 4) is 5.75 Å². The summed E-state index contributed by atoms with van der Waals surface area (Å²) >= 11 is 0. The zero-order valence-corrected chi connectivity index (χ0v) is 17.6. The van der Waals surface area contributed by atoms with Crippen LogP contribution in [0.15, 0.2) is 43.1 Å². The summed E-state index contributed by atoms with van der Waals surface area (Å²) in [7, 11) is 1.68. The molecule has 1 N–H and O–H groups in total. The molecule has 1 aromatic carbocycles. The number of benzene rings is 1. The molecule has 3 fully saturated rings. The normalized spacial score (nSPS) is 29.9. The number of quaternary nitrogens is 1. The van der Waals surface area contributed by atoms with Crippen LogP contribution >= 0.6 is 0 Å². The van der Waals surface area contributed by atoms with E-state index in [9.17, 15) is 5.11 Å². The summed E-state index contributed by atoms with van der Waals surface area (Å²) in [5, 5.41) is 12.6. The fraction of sp³-hybridized carbons (Fsp3) is 0.522. The Balaban J connectivity index is 0.00000225. The number of methoxy groups -OCH3 is 1. The van der Waals surface area contributed by atoms with Gasteiger partial charge >= 0.3 is 0 Å². The molecule has 3 aliphatic heterocycles. The Morgan fingerprint density at radius 3 is 2.93 bits per heavy atom. The van der Waals surface area contributed by atoms with Crippen LogP contribution in [0.1, 0.15) is 37.9 Å². The van der Waals surface area contributed by atoms with Crippen molar-refractivity contribution in [3.05, 3.63) is 48.7 Å². The molecular formula is C23H31ClN2O2. The van der Waals surface area contributed by atoms with Crippen LogP contribution in [-0.4, -0.2) is 47.4 Å². The minimum atomic E-state index is -0.484. The molecule has 2 bridgehead atoms. The molecule has 5 atom stereocenters. The Bertz CT molecular complexity index is 838. The van der Waals surface area contributed by atoms with Crippen molar-refractivity contribution in [3.63, 3.8) is 0 Å². The van der Waals surface area contributed by atoms with E-state index >= 15 is 0 Å². The van der Waals surface area contributed by atoms with Gasteiger partial charge in [0.25, 0.3) is 0 Å². The predicted octanol–water partition coefficient (Wildman–Crippen LogP) is 1.10. The molecule has 5 rings (SSSR count). The highest BCUT2D eigenvalue weighted by Gasteiger charge is 2.53. The lowest BCUT2D eigenvalue weighted by Crippen LogP contribution is -3.00. The molecule has 5 heteroatoms. The molecule has 0 amide bonds. The maximum Gasteiger partial charge on any atom is 0.131 e. The Kier molecular flexibility index (Phi) is 6.33. The third-order valence-corrected chi connectivity index (χ3v) is 7.01. The molecule has 3 aliphatic rings. The second-order valence-corrected chi connectivity index (χ2v) is 8.33. The first-order chi connectivity index (χ1) is 13.1. The number of hydrogen-bond acceptors (Lipinski definition) is 3. The van der Waals surface area contributed by atoms with E-state index in [0.29, 0.717) is 11.8 Å². The quantitative estimate of drug-likeness (QED) is 0.581. The van der Waals surface area contributed by atoms with Gasteiger partial charge in [-0.2, -0.15) is 0 Å². The summed E-state index contributed by atoms with van der Waals surface area (Å²) in [5.74, 6) is 2.04. The van der Waals surface area contributed by atoms with E-state index in [4.69, 9.17) is 4.74 Å². The van der Waals surface area contributed by atoms with Crippen LogP contribution in [-0.2, 0) is 0 Å². The maximum absolute atomic E-state index is 11.6. The first kappa shape index (κ1) is 21.1. The van der Waals surface area contributed by atoms with E-state index in [2.05, 4.69) is 24.6 Å². The van der Waals surface area contributed by atoms with Gasteiger partial charge in [-0.25, -0.2) is 0 Å². The van der Waals surface area contributed by atoms with Gasteiger partial charge in [0.05, 0.1) is 32.3 Å². The number of nitrogens with zero attached hydrogens (tertiary/aromatic N) is 2. The zero-order valence-electron chi connectivity index (χ0n) is 16.9. The lowest BCUT2D eigenvalue weighted by Gasteiger charge is -2.58. The zero-order chi connectivity index (χ0) is 19.0. The molecule has 2 aromatic rings. The summed E-state index contributed by atoms with van der Waals surface area (Å²) in [4.78, 5) is 4.49. The van der Waals surface area contributed by atoms with Crippen molar-refractivity contribution >= 4 is 10.9 Å². The van der Waals surface area contributed by atoms with Gasteiger partial charge in [0, 0.05) is 30.3 Å². The number of aliphatic hydroxyl groups is 1. The molecule has 5 unspecified atom stereocenters. The van der Waals surface area contributed by atoms with Gasteiger partial charge in [-0.3, -0.25) is 4.98 Å². The summed E-state index contributed by atoms with van der Waals surface area (Å²) in [6, 6.07) is 8.15. The van der Waals surface area contributed by atoms with Crippen molar-refractivity contribution in [2.75, 3.05) is 26.7 Å². The van der Waals surface area contributed by atoms with Crippen molar-refractivity contribution < 1.29 is 26.7 Å². The Labute approximate surface area is 174 Å². The molecule has 0 spiro atoms. The van der Waals surface area contributed by atoms with Gasteiger partial charge in [0.1, 0.15) is 17.9 Å². The summed E-state index contributed by atoms with van der Waals surface area (Å²) < 4.78 is 6.44. The standard InChI is InChI=1S/C23H31N2O2.ClH/c1-4-11-25-12-9-17(16(5-2)15-25)13-22(25)23(26)19-8-10-24-21-7-6-18(27-3)14-20(19)21;/h5-8,10,14,16-17,22-23,26H,2,4,9,11-13,15H2,1,3H3;1H/q+1;/p-1. The summed E-state index contributed by atoms with van der Waals surface area (Å²) in [6.07, 6.45) is 6.96. The molecule has 152 valence electrons. The smallest absolute Gasteiger partial charge is 0.131 e. The van der Waals surface area contributed by atoms with Crippen molar-refractivity contribution in [2.45, 2.75) is 38.3 Å². The minimum absolute atomic E-state index is 0. The van der Waals surface area contributed by atoms with E-state index in [1.165, 1.54) is 13.0 Å². The van der Waals surface area contributed by atoms with Crippen molar-refractivity contribution in [2.24, 2.45) is 11.8 Å². The van der Waals surface area contributed by atoms with Crippen molar-refractivity contribution in [1.82, 2.24) is 4.98 Å². The minimum Gasteiger partial charge on any atom is -1.00 e. The van der Waals surface area contributed by atoms with Gasteiger partial charge < -0.3 is 26.7 Å². The number of piperidine rings is 3. The number of aromatic nitrogens is 1. The second-order valence-electron chi connectivity index (χ2n) is 8.33. The fourth-order valence-corrected chi connectivity index (χ4v) is 5.67.